The molecule has 1 aliphatic heterocycles. The number of hydrogen-bond acceptors (Lipinski definition) is 4. The first-order valence-corrected chi connectivity index (χ1v) is 9.25. The van der Waals surface area contributed by atoms with Gasteiger partial charge in [-0.2, -0.15) is 8.42 Å². The van der Waals surface area contributed by atoms with Crippen LogP contribution in [0.1, 0.15) is 30.9 Å². The van der Waals surface area contributed by atoms with Crippen molar-refractivity contribution in [2.45, 2.75) is 37.5 Å². The van der Waals surface area contributed by atoms with Crippen molar-refractivity contribution in [3.63, 3.8) is 0 Å². The van der Waals surface area contributed by atoms with Gasteiger partial charge in [0.25, 0.3) is 10.0 Å². The molecule has 1 aromatic carbocycles. The zero-order valence-electron chi connectivity index (χ0n) is 12.9. The lowest BCUT2D eigenvalue weighted by atomic mass is 10.1. The van der Waals surface area contributed by atoms with Gasteiger partial charge in [0.1, 0.15) is 10.7 Å². The Morgan fingerprint density at radius 3 is 2.83 bits per heavy atom. The summed E-state index contributed by atoms with van der Waals surface area (Å²) < 4.78 is 28.7. The highest BCUT2D eigenvalue weighted by molar-refractivity contribution is 7.90. The SMILES string of the molecule is CCC1=NS(=O)(=O)c2cccnc2N1c1ccc2c(c1)CCC2. The van der Waals surface area contributed by atoms with Crippen LogP contribution < -0.4 is 4.90 Å². The second-order valence-corrected chi connectivity index (χ2v) is 7.38. The number of pyridine rings is 1. The standard InChI is InChI=1S/C17H17N3O2S/c1-2-16-19-23(21,22)15-7-4-10-18-17(15)20(16)14-9-8-12-5-3-6-13(12)11-14/h4,7-11H,2-3,5-6H2,1H3. The molecule has 0 saturated heterocycles. The third-order valence-electron chi connectivity index (χ3n) is 4.38. The Labute approximate surface area is 135 Å². The summed E-state index contributed by atoms with van der Waals surface area (Å²) >= 11 is 0. The van der Waals surface area contributed by atoms with E-state index in [1.165, 1.54) is 17.5 Å². The molecule has 1 aliphatic carbocycles. The van der Waals surface area contributed by atoms with Crippen LogP contribution >= 0.6 is 0 Å². The molecule has 0 amide bonds. The molecular formula is C17H17N3O2S. The van der Waals surface area contributed by atoms with Crippen molar-refractivity contribution < 1.29 is 8.42 Å². The van der Waals surface area contributed by atoms with Gasteiger partial charge < -0.3 is 0 Å². The minimum atomic E-state index is -3.67. The molecule has 0 unspecified atom stereocenters. The fourth-order valence-corrected chi connectivity index (χ4v) is 4.51. The first kappa shape index (κ1) is 14.4. The van der Waals surface area contributed by atoms with Crippen molar-refractivity contribution in [2.75, 3.05) is 4.90 Å². The van der Waals surface area contributed by atoms with Crippen LogP contribution in [0.2, 0.25) is 0 Å². The summed E-state index contributed by atoms with van der Waals surface area (Å²) in [7, 11) is -3.67. The minimum absolute atomic E-state index is 0.165. The number of nitrogens with zero attached hydrogens (tertiary/aromatic N) is 3. The smallest absolute Gasteiger partial charge is 0.281 e. The summed E-state index contributed by atoms with van der Waals surface area (Å²) in [6.45, 7) is 1.91. The Morgan fingerprint density at radius 2 is 2.00 bits per heavy atom. The molecule has 2 heterocycles. The van der Waals surface area contributed by atoms with E-state index in [0.717, 1.165) is 18.5 Å². The van der Waals surface area contributed by atoms with E-state index in [9.17, 15) is 8.42 Å². The van der Waals surface area contributed by atoms with Crippen LogP contribution in [-0.4, -0.2) is 19.2 Å². The van der Waals surface area contributed by atoms with Gasteiger partial charge in [0.15, 0.2) is 5.82 Å². The molecule has 0 bridgehead atoms. The molecule has 0 radical (unpaired) electrons. The highest BCUT2D eigenvalue weighted by Crippen LogP contribution is 2.37. The summed E-state index contributed by atoms with van der Waals surface area (Å²) in [5.74, 6) is 0.950. The molecule has 1 aromatic heterocycles. The molecule has 5 nitrogen and oxygen atoms in total. The van der Waals surface area contributed by atoms with Crippen LogP contribution in [0, 0.1) is 0 Å². The highest BCUT2D eigenvalue weighted by Gasteiger charge is 2.32. The molecule has 0 N–H and O–H groups in total. The molecule has 2 aromatic rings. The van der Waals surface area contributed by atoms with Gasteiger partial charge in [-0.05, 0) is 54.7 Å². The Bertz CT molecular complexity index is 919. The normalized spacial score (nSPS) is 18.3. The van der Waals surface area contributed by atoms with Crippen LogP contribution in [0.4, 0.5) is 11.5 Å². The monoisotopic (exact) mass is 327 g/mol. The van der Waals surface area contributed by atoms with Crippen LogP contribution in [0.25, 0.3) is 0 Å². The lowest BCUT2D eigenvalue weighted by Gasteiger charge is -2.29. The van der Waals surface area contributed by atoms with E-state index in [2.05, 4.69) is 21.5 Å². The largest absolute Gasteiger partial charge is 0.287 e. The van der Waals surface area contributed by atoms with Gasteiger partial charge in [0.2, 0.25) is 0 Å². The molecule has 0 atom stereocenters. The topological polar surface area (TPSA) is 62.6 Å². The fourth-order valence-electron chi connectivity index (χ4n) is 3.29. The lowest BCUT2D eigenvalue weighted by molar-refractivity contribution is 0.596. The van der Waals surface area contributed by atoms with E-state index in [-0.39, 0.29) is 4.90 Å². The zero-order valence-corrected chi connectivity index (χ0v) is 13.7. The quantitative estimate of drug-likeness (QED) is 0.849. The number of aryl methyl sites for hydroxylation is 2. The maximum Gasteiger partial charge on any atom is 0.287 e. The molecule has 4 rings (SSSR count). The summed E-state index contributed by atoms with van der Waals surface area (Å²) in [5.41, 5.74) is 3.65. The van der Waals surface area contributed by atoms with Crippen LogP contribution in [-0.2, 0) is 22.9 Å². The predicted octanol–water partition coefficient (Wildman–Crippen LogP) is 3.22. The molecule has 0 fully saturated rings. The maximum absolute atomic E-state index is 12.4. The van der Waals surface area contributed by atoms with Gasteiger partial charge in [-0.3, -0.25) is 4.90 Å². The number of fused-ring (bicyclic) bond motifs is 2. The van der Waals surface area contributed by atoms with Crippen molar-refractivity contribution >= 4 is 27.4 Å². The van der Waals surface area contributed by atoms with Crippen molar-refractivity contribution in [1.82, 2.24) is 4.98 Å². The highest BCUT2D eigenvalue weighted by atomic mass is 32.2. The van der Waals surface area contributed by atoms with Gasteiger partial charge >= 0.3 is 0 Å². The van der Waals surface area contributed by atoms with Crippen LogP contribution in [0.5, 0.6) is 0 Å². The van der Waals surface area contributed by atoms with E-state index in [0.29, 0.717) is 18.1 Å². The first-order valence-electron chi connectivity index (χ1n) is 7.81. The van der Waals surface area contributed by atoms with E-state index >= 15 is 0 Å². The minimum Gasteiger partial charge on any atom is -0.281 e. The molecule has 2 aliphatic rings. The van der Waals surface area contributed by atoms with Gasteiger partial charge in [-0.1, -0.05) is 13.0 Å². The average Bonchev–Trinajstić information content (AvgIpc) is 3.02. The number of sulfonamides is 1. The van der Waals surface area contributed by atoms with Crippen LogP contribution in [0.3, 0.4) is 0 Å². The summed E-state index contributed by atoms with van der Waals surface area (Å²) in [5, 5.41) is 0. The van der Waals surface area contributed by atoms with E-state index in [1.54, 1.807) is 18.3 Å². The maximum atomic E-state index is 12.4. The Hall–Kier alpha value is -2.21. The van der Waals surface area contributed by atoms with Gasteiger partial charge in [-0.25, -0.2) is 4.98 Å². The molecule has 0 saturated carbocycles. The Kier molecular flexibility index (Phi) is 3.23. The zero-order chi connectivity index (χ0) is 16.0. The van der Waals surface area contributed by atoms with Crippen molar-refractivity contribution in [1.29, 1.82) is 0 Å². The van der Waals surface area contributed by atoms with Gasteiger partial charge in [-0.15, -0.1) is 4.40 Å². The van der Waals surface area contributed by atoms with Gasteiger partial charge in [0.05, 0.1) is 0 Å². The third-order valence-corrected chi connectivity index (χ3v) is 5.71. The molecule has 6 heteroatoms. The molecule has 23 heavy (non-hydrogen) atoms. The number of hydrogen-bond donors (Lipinski definition) is 0. The lowest BCUT2D eigenvalue weighted by Crippen LogP contribution is -2.32. The first-order chi connectivity index (χ1) is 11.1. The molecular weight excluding hydrogens is 310 g/mol. The van der Waals surface area contributed by atoms with Crippen molar-refractivity contribution in [3.05, 3.63) is 47.7 Å². The molecule has 118 valence electrons. The summed E-state index contributed by atoms with van der Waals surface area (Å²) in [6, 6.07) is 9.50. The fraction of sp³-hybridized carbons (Fsp3) is 0.294. The van der Waals surface area contributed by atoms with Gasteiger partial charge in [0, 0.05) is 18.3 Å². The predicted molar refractivity (Wildman–Crippen MR) is 89.8 cm³/mol. The number of amidine groups is 1. The number of benzene rings is 1. The van der Waals surface area contributed by atoms with E-state index < -0.39 is 10.0 Å². The van der Waals surface area contributed by atoms with Crippen molar-refractivity contribution in [2.24, 2.45) is 4.40 Å². The number of anilines is 2. The van der Waals surface area contributed by atoms with E-state index in [4.69, 9.17) is 0 Å². The third kappa shape index (κ3) is 2.25. The second kappa shape index (κ2) is 5.16. The average molecular weight is 327 g/mol. The summed E-state index contributed by atoms with van der Waals surface area (Å²) in [6.07, 6.45) is 5.51. The second-order valence-electron chi connectivity index (χ2n) is 5.80. The number of rotatable bonds is 2. The van der Waals surface area contributed by atoms with Crippen LogP contribution in [0.15, 0.2) is 45.8 Å². The number of aromatic nitrogens is 1. The Balaban J connectivity index is 1.93. The van der Waals surface area contributed by atoms with Crippen molar-refractivity contribution in [3.8, 4) is 0 Å². The van der Waals surface area contributed by atoms with E-state index in [1.807, 2.05) is 17.9 Å². The molecule has 0 spiro atoms. The summed E-state index contributed by atoms with van der Waals surface area (Å²) in [4.78, 5) is 6.36. The Morgan fingerprint density at radius 1 is 1.17 bits per heavy atom.